The van der Waals surface area contributed by atoms with Gasteiger partial charge in [0.25, 0.3) is 0 Å². The number of nitrogens with zero attached hydrogens (tertiary/aromatic N) is 1. The van der Waals surface area contributed by atoms with Crippen LogP contribution in [0.4, 0.5) is 0 Å². The molecule has 1 aliphatic heterocycles. The van der Waals surface area contributed by atoms with Gasteiger partial charge >= 0.3 is 0 Å². The molecule has 1 amide bonds. The summed E-state index contributed by atoms with van der Waals surface area (Å²) >= 11 is 0. The van der Waals surface area contributed by atoms with Crippen LogP contribution in [0.25, 0.3) is 11.3 Å². The fourth-order valence-corrected chi connectivity index (χ4v) is 3.81. The molecule has 29 heavy (non-hydrogen) atoms. The zero-order valence-corrected chi connectivity index (χ0v) is 16.3. The molecule has 5 nitrogen and oxygen atoms in total. The minimum Gasteiger partial charge on any atom is -0.459 e. The molecule has 1 atom stereocenters. The Kier molecular flexibility index (Phi) is 6.08. The Hall–Kier alpha value is -2.89. The number of hydrogen-bond acceptors (Lipinski definition) is 4. The van der Waals surface area contributed by atoms with E-state index in [1.54, 1.807) is 0 Å². The highest BCUT2D eigenvalue weighted by Gasteiger charge is 2.30. The lowest BCUT2D eigenvalue weighted by Crippen LogP contribution is -2.45. The summed E-state index contributed by atoms with van der Waals surface area (Å²) in [5.41, 5.74) is 1.98. The molecular formula is C24H26N2O3. The number of piperidine rings is 1. The first-order valence-corrected chi connectivity index (χ1v) is 10.1. The molecular weight excluding hydrogens is 364 g/mol. The number of carbonyl (C=O) groups excluding carboxylic acids is 1. The van der Waals surface area contributed by atoms with Crippen molar-refractivity contribution in [2.45, 2.75) is 31.5 Å². The number of amides is 1. The predicted molar refractivity (Wildman–Crippen MR) is 112 cm³/mol. The zero-order valence-electron chi connectivity index (χ0n) is 16.3. The second kappa shape index (κ2) is 9.07. The minimum absolute atomic E-state index is 0.0507. The van der Waals surface area contributed by atoms with Crippen molar-refractivity contribution in [1.82, 2.24) is 10.2 Å². The molecule has 2 heterocycles. The highest BCUT2D eigenvalue weighted by Crippen LogP contribution is 2.26. The maximum atomic E-state index is 13.1. The van der Waals surface area contributed by atoms with E-state index in [4.69, 9.17) is 4.42 Å². The molecule has 0 radical (unpaired) electrons. The lowest BCUT2D eigenvalue weighted by atomic mass is 10.00. The smallest absolute Gasteiger partial charge is 0.242 e. The average molecular weight is 390 g/mol. The summed E-state index contributed by atoms with van der Waals surface area (Å²) < 4.78 is 5.90. The molecule has 0 spiro atoms. The van der Waals surface area contributed by atoms with E-state index in [0.29, 0.717) is 32.5 Å². The van der Waals surface area contributed by atoms with Gasteiger partial charge in [-0.25, -0.2) is 0 Å². The highest BCUT2D eigenvalue weighted by molar-refractivity contribution is 5.83. The normalized spacial score (nSPS) is 16.4. The van der Waals surface area contributed by atoms with Crippen LogP contribution in [0.3, 0.4) is 0 Å². The quantitative estimate of drug-likeness (QED) is 0.673. The minimum atomic E-state index is -0.368. The Morgan fingerprint density at radius 1 is 1.00 bits per heavy atom. The first kappa shape index (κ1) is 19.4. The molecule has 1 aromatic heterocycles. The van der Waals surface area contributed by atoms with Crippen LogP contribution in [0, 0.1) is 0 Å². The van der Waals surface area contributed by atoms with Crippen LogP contribution in [0.5, 0.6) is 0 Å². The van der Waals surface area contributed by atoms with Gasteiger partial charge in [0, 0.05) is 18.7 Å². The highest BCUT2D eigenvalue weighted by atomic mass is 16.3. The van der Waals surface area contributed by atoms with Crippen molar-refractivity contribution in [1.29, 1.82) is 0 Å². The van der Waals surface area contributed by atoms with Gasteiger partial charge in [0.2, 0.25) is 5.91 Å². The van der Waals surface area contributed by atoms with Gasteiger partial charge in [-0.3, -0.25) is 9.69 Å². The fraction of sp³-hybridized carbons (Fsp3) is 0.292. The Bertz CT molecular complexity index is 916. The Morgan fingerprint density at radius 3 is 2.34 bits per heavy atom. The van der Waals surface area contributed by atoms with Crippen molar-refractivity contribution in [3.8, 4) is 11.3 Å². The van der Waals surface area contributed by atoms with Gasteiger partial charge in [-0.1, -0.05) is 60.7 Å². The SMILES string of the molecule is O=C(NCc1ccc(-c2ccccc2)o1)C(c1ccccc1)N1CCC(O)CC1. The van der Waals surface area contributed by atoms with E-state index < -0.39 is 0 Å². The standard InChI is InChI=1S/C24H26N2O3/c27-20-13-15-26(16-14-20)23(19-9-5-2-6-10-19)24(28)25-17-21-11-12-22(29-21)18-7-3-1-4-8-18/h1-12,20,23,27H,13-17H2,(H,25,28). The van der Waals surface area contributed by atoms with Crippen molar-refractivity contribution in [3.63, 3.8) is 0 Å². The van der Waals surface area contributed by atoms with E-state index in [1.807, 2.05) is 72.8 Å². The molecule has 150 valence electrons. The molecule has 1 unspecified atom stereocenters. The molecule has 1 aliphatic rings. The number of nitrogens with one attached hydrogen (secondary N) is 1. The third-order valence-corrected chi connectivity index (χ3v) is 5.38. The summed E-state index contributed by atoms with van der Waals surface area (Å²) in [5.74, 6) is 1.46. The van der Waals surface area contributed by atoms with Crippen LogP contribution in [0.2, 0.25) is 0 Å². The second-order valence-corrected chi connectivity index (χ2v) is 7.43. The summed E-state index contributed by atoms with van der Waals surface area (Å²) in [5, 5.41) is 12.9. The van der Waals surface area contributed by atoms with Crippen LogP contribution in [0.15, 0.2) is 77.2 Å². The molecule has 5 heteroatoms. The summed E-state index contributed by atoms with van der Waals surface area (Å²) in [4.78, 5) is 15.3. The number of hydrogen-bond donors (Lipinski definition) is 2. The zero-order chi connectivity index (χ0) is 20.1. The van der Waals surface area contributed by atoms with Crippen LogP contribution in [0.1, 0.15) is 30.2 Å². The van der Waals surface area contributed by atoms with E-state index in [0.717, 1.165) is 22.6 Å². The molecule has 0 aliphatic carbocycles. The van der Waals surface area contributed by atoms with E-state index in [2.05, 4.69) is 10.2 Å². The van der Waals surface area contributed by atoms with E-state index in [1.165, 1.54) is 0 Å². The third-order valence-electron chi connectivity index (χ3n) is 5.38. The summed E-state index contributed by atoms with van der Waals surface area (Å²) in [6, 6.07) is 23.2. The monoisotopic (exact) mass is 390 g/mol. The van der Waals surface area contributed by atoms with Gasteiger partial charge in [0.05, 0.1) is 12.6 Å². The lowest BCUT2D eigenvalue weighted by Gasteiger charge is -2.35. The summed E-state index contributed by atoms with van der Waals surface area (Å²) in [7, 11) is 0. The number of carbonyl (C=O) groups is 1. The number of likely N-dealkylation sites (tertiary alicyclic amines) is 1. The van der Waals surface area contributed by atoms with Crippen LogP contribution < -0.4 is 5.32 Å². The van der Waals surface area contributed by atoms with E-state index in [-0.39, 0.29) is 18.1 Å². The molecule has 3 aromatic rings. The second-order valence-electron chi connectivity index (χ2n) is 7.43. The van der Waals surface area contributed by atoms with E-state index in [9.17, 15) is 9.90 Å². The average Bonchev–Trinajstić information content (AvgIpc) is 3.24. The van der Waals surface area contributed by atoms with E-state index >= 15 is 0 Å². The summed E-state index contributed by atoms with van der Waals surface area (Å²) in [6.45, 7) is 1.74. The fourth-order valence-electron chi connectivity index (χ4n) is 3.81. The lowest BCUT2D eigenvalue weighted by molar-refractivity contribution is -0.128. The van der Waals surface area contributed by atoms with Gasteiger partial charge < -0.3 is 14.8 Å². The first-order valence-electron chi connectivity index (χ1n) is 10.1. The molecule has 0 bridgehead atoms. The Labute approximate surface area is 171 Å². The van der Waals surface area contributed by atoms with Crippen molar-refractivity contribution in [3.05, 3.63) is 84.1 Å². The maximum Gasteiger partial charge on any atom is 0.242 e. The molecule has 0 saturated carbocycles. The molecule has 1 fully saturated rings. The van der Waals surface area contributed by atoms with Gasteiger partial charge in [0.1, 0.15) is 17.6 Å². The number of furan rings is 1. The van der Waals surface area contributed by atoms with Crippen molar-refractivity contribution < 1.29 is 14.3 Å². The number of aliphatic hydroxyl groups excluding tert-OH is 1. The number of benzene rings is 2. The van der Waals surface area contributed by atoms with Gasteiger partial charge in [-0.2, -0.15) is 0 Å². The molecule has 2 aromatic carbocycles. The van der Waals surface area contributed by atoms with Crippen molar-refractivity contribution in [2.24, 2.45) is 0 Å². The number of aliphatic hydroxyl groups is 1. The summed E-state index contributed by atoms with van der Waals surface area (Å²) in [6.07, 6.45) is 1.11. The molecule has 1 saturated heterocycles. The Balaban J connectivity index is 1.45. The largest absolute Gasteiger partial charge is 0.459 e. The third kappa shape index (κ3) is 4.75. The molecule has 4 rings (SSSR count). The van der Waals surface area contributed by atoms with Crippen LogP contribution in [-0.4, -0.2) is 35.1 Å². The maximum absolute atomic E-state index is 13.1. The van der Waals surface area contributed by atoms with Crippen LogP contribution in [-0.2, 0) is 11.3 Å². The van der Waals surface area contributed by atoms with Crippen molar-refractivity contribution >= 4 is 5.91 Å². The van der Waals surface area contributed by atoms with Gasteiger partial charge in [0.15, 0.2) is 0 Å². The van der Waals surface area contributed by atoms with Gasteiger partial charge in [-0.15, -0.1) is 0 Å². The predicted octanol–water partition coefficient (Wildman–Crippen LogP) is 3.76. The topological polar surface area (TPSA) is 65.7 Å². The molecule has 2 N–H and O–H groups in total. The van der Waals surface area contributed by atoms with Gasteiger partial charge in [-0.05, 0) is 30.5 Å². The Morgan fingerprint density at radius 2 is 1.66 bits per heavy atom. The first-order chi connectivity index (χ1) is 14.2. The van der Waals surface area contributed by atoms with Crippen LogP contribution >= 0.6 is 0 Å². The number of rotatable bonds is 6. The van der Waals surface area contributed by atoms with Crippen molar-refractivity contribution in [2.75, 3.05) is 13.1 Å².